The van der Waals surface area contributed by atoms with Crippen molar-refractivity contribution in [2.24, 2.45) is 5.92 Å². The van der Waals surface area contributed by atoms with Gasteiger partial charge in [0.05, 0.1) is 0 Å². The van der Waals surface area contributed by atoms with Crippen molar-refractivity contribution in [3.8, 4) is 0 Å². The molecule has 3 aromatic carbocycles. The minimum Gasteiger partial charge on any atom is -0.480 e. The Kier molecular flexibility index (Phi) is 9.01. The van der Waals surface area contributed by atoms with Crippen LogP contribution in [-0.4, -0.2) is 35.2 Å². The van der Waals surface area contributed by atoms with E-state index in [2.05, 4.69) is 10.6 Å². The summed E-state index contributed by atoms with van der Waals surface area (Å²) in [6, 6.07) is 25.3. The summed E-state index contributed by atoms with van der Waals surface area (Å²) in [5.41, 5.74) is 2.32. The summed E-state index contributed by atoms with van der Waals surface area (Å²) in [7, 11) is 0. The molecule has 0 saturated carbocycles. The molecule has 3 aromatic rings. The van der Waals surface area contributed by atoms with Crippen molar-refractivity contribution in [2.75, 3.05) is 0 Å². The van der Waals surface area contributed by atoms with E-state index < -0.39 is 36.0 Å². The minimum atomic E-state index is -1.25. The van der Waals surface area contributed by atoms with Gasteiger partial charge in [-0.3, -0.25) is 4.79 Å². The quantitative estimate of drug-likeness (QED) is 0.406. The molecule has 0 aliphatic carbocycles. The lowest BCUT2D eigenvalue weighted by Crippen LogP contribution is -2.55. The summed E-state index contributed by atoms with van der Waals surface area (Å²) in [5, 5.41) is 15.3. The lowest BCUT2D eigenvalue weighted by molar-refractivity contribution is -0.142. The second kappa shape index (κ2) is 12.4. The predicted octanol–water partition coefficient (Wildman–Crippen LogP) is 4.34. The van der Waals surface area contributed by atoms with Gasteiger partial charge in [0, 0.05) is 5.92 Å². The molecule has 2 atom stereocenters. The Bertz CT molecular complexity index is 1060. The van der Waals surface area contributed by atoms with Gasteiger partial charge in [0.1, 0.15) is 18.7 Å². The zero-order valence-corrected chi connectivity index (χ0v) is 19.8. The molecule has 0 unspecified atom stereocenters. The predicted molar refractivity (Wildman–Crippen MR) is 133 cm³/mol. The molecular weight excluding hydrogens is 444 g/mol. The lowest BCUT2D eigenvalue weighted by atomic mass is 9.84. The van der Waals surface area contributed by atoms with Crippen molar-refractivity contribution >= 4 is 18.0 Å². The number of ether oxygens (including phenoxy) is 1. The Morgan fingerprint density at radius 3 is 1.69 bits per heavy atom. The van der Waals surface area contributed by atoms with Crippen LogP contribution in [0.15, 0.2) is 91.0 Å². The highest BCUT2D eigenvalue weighted by Gasteiger charge is 2.35. The summed E-state index contributed by atoms with van der Waals surface area (Å²) in [5.74, 6) is -2.71. The van der Waals surface area contributed by atoms with Crippen LogP contribution in [0, 0.1) is 5.92 Å². The summed E-state index contributed by atoms with van der Waals surface area (Å²) in [6.07, 6.45) is -0.753. The highest BCUT2D eigenvalue weighted by Crippen LogP contribution is 2.28. The van der Waals surface area contributed by atoms with Crippen LogP contribution in [-0.2, 0) is 20.9 Å². The van der Waals surface area contributed by atoms with Gasteiger partial charge in [0.2, 0.25) is 5.91 Å². The maximum Gasteiger partial charge on any atom is 0.408 e. The zero-order chi connectivity index (χ0) is 25.2. The maximum atomic E-state index is 13.2. The molecule has 7 nitrogen and oxygen atoms in total. The van der Waals surface area contributed by atoms with Gasteiger partial charge in [-0.15, -0.1) is 0 Å². The van der Waals surface area contributed by atoms with Crippen LogP contribution in [0.1, 0.15) is 36.5 Å². The van der Waals surface area contributed by atoms with Crippen LogP contribution in [0.5, 0.6) is 0 Å². The van der Waals surface area contributed by atoms with E-state index in [1.807, 2.05) is 91.0 Å². The monoisotopic (exact) mass is 474 g/mol. The molecule has 0 aliphatic rings. The molecule has 0 radical (unpaired) electrons. The lowest BCUT2D eigenvalue weighted by Gasteiger charge is -2.29. The Labute approximate surface area is 205 Å². The highest BCUT2D eigenvalue weighted by molar-refractivity contribution is 5.90. The molecule has 35 heavy (non-hydrogen) atoms. The van der Waals surface area contributed by atoms with E-state index in [-0.39, 0.29) is 12.5 Å². The molecule has 0 spiro atoms. The number of aliphatic carboxylic acids is 1. The van der Waals surface area contributed by atoms with Crippen molar-refractivity contribution in [3.63, 3.8) is 0 Å². The third-order valence-corrected chi connectivity index (χ3v) is 5.65. The van der Waals surface area contributed by atoms with Gasteiger partial charge in [0.25, 0.3) is 0 Å². The molecular formula is C28H30N2O5. The fraction of sp³-hybridized carbons (Fsp3) is 0.250. The van der Waals surface area contributed by atoms with Crippen molar-refractivity contribution < 1.29 is 24.2 Å². The summed E-state index contributed by atoms with van der Waals surface area (Å²) < 4.78 is 5.25. The summed E-state index contributed by atoms with van der Waals surface area (Å²) >= 11 is 0. The Morgan fingerprint density at radius 1 is 0.743 bits per heavy atom. The normalized spacial score (nSPS) is 12.6. The number of carboxylic acid groups (broad SMARTS) is 1. The Morgan fingerprint density at radius 2 is 1.23 bits per heavy atom. The Balaban J connectivity index is 1.78. The number of benzene rings is 3. The fourth-order valence-electron chi connectivity index (χ4n) is 3.86. The number of carbonyl (C=O) groups is 3. The number of amides is 2. The first kappa shape index (κ1) is 25.5. The van der Waals surface area contributed by atoms with E-state index in [1.165, 1.54) is 0 Å². The van der Waals surface area contributed by atoms with Gasteiger partial charge in [-0.05, 0) is 22.6 Å². The molecule has 182 valence electrons. The van der Waals surface area contributed by atoms with E-state index in [9.17, 15) is 19.5 Å². The van der Waals surface area contributed by atoms with Gasteiger partial charge in [-0.2, -0.15) is 0 Å². The van der Waals surface area contributed by atoms with Crippen molar-refractivity contribution in [3.05, 3.63) is 108 Å². The van der Waals surface area contributed by atoms with Crippen molar-refractivity contribution in [1.82, 2.24) is 10.6 Å². The van der Waals surface area contributed by atoms with Gasteiger partial charge in [-0.1, -0.05) is 105 Å². The summed E-state index contributed by atoms with van der Waals surface area (Å²) in [6.45, 7) is 3.59. The largest absolute Gasteiger partial charge is 0.480 e. The number of carbonyl (C=O) groups excluding carboxylic acids is 2. The first-order valence-corrected chi connectivity index (χ1v) is 11.5. The fourth-order valence-corrected chi connectivity index (χ4v) is 3.86. The van der Waals surface area contributed by atoms with Crippen LogP contribution in [0.2, 0.25) is 0 Å². The smallest absolute Gasteiger partial charge is 0.408 e. The van der Waals surface area contributed by atoms with Crippen molar-refractivity contribution in [1.29, 1.82) is 0 Å². The van der Waals surface area contributed by atoms with Gasteiger partial charge < -0.3 is 20.5 Å². The molecule has 2 amide bonds. The average molecular weight is 475 g/mol. The molecule has 0 bridgehead atoms. The molecule has 0 aliphatic heterocycles. The van der Waals surface area contributed by atoms with Crippen LogP contribution in [0.3, 0.4) is 0 Å². The molecule has 0 saturated heterocycles. The van der Waals surface area contributed by atoms with Crippen LogP contribution in [0.4, 0.5) is 4.79 Å². The summed E-state index contributed by atoms with van der Waals surface area (Å²) in [4.78, 5) is 38.0. The van der Waals surface area contributed by atoms with E-state index in [4.69, 9.17) is 4.74 Å². The van der Waals surface area contributed by atoms with Gasteiger partial charge in [0.15, 0.2) is 0 Å². The minimum absolute atomic E-state index is 0.0565. The maximum absolute atomic E-state index is 13.2. The SMILES string of the molecule is CC(C)[C@@H](NC(=O)OCc1ccccc1)C(=O)N[C@@H](C(=O)O)C(c1ccccc1)c1ccccc1. The van der Waals surface area contributed by atoms with Crippen LogP contribution < -0.4 is 10.6 Å². The number of nitrogens with one attached hydrogen (secondary N) is 2. The number of hydrogen-bond acceptors (Lipinski definition) is 4. The van der Waals surface area contributed by atoms with Gasteiger partial charge in [-0.25, -0.2) is 9.59 Å². The number of hydrogen-bond donors (Lipinski definition) is 3. The number of carboxylic acids is 1. The molecule has 3 rings (SSSR count). The highest BCUT2D eigenvalue weighted by atomic mass is 16.5. The van der Waals surface area contributed by atoms with Crippen molar-refractivity contribution in [2.45, 2.75) is 38.5 Å². The molecule has 7 heteroatoms. The van der Waals surface area contributed by atoms with Gasteiger partial charge >= 0.3 is 12.1 Å². The van der Waals surface area contributed by atoms with E-state index >= 15 is 0 Å². The molecule has 0 aromatic heterocycles. The van der Waals surface area contributed by atoms with Crippen LogP contribution in [0.25, 0.3) is 0 Å². The molecule has 0 fully saturated rings. The molecule has 0 heterocycles. The third-order valence-electron chi connectivity index (χ3n) is 5.65. The zero-order valence-electron chi connectivity index (χ0n) is 19.8. The average Bonchev–Trinajstić information content (AvgIpc) is 2.87. The standard InChI is InChI=1S/C28H30N2O5/c1-19(2)24(30-28(34)35-18-20-12-6-3-7-13-20)26(31)29-25(27(32)33)23(21-14-8-4-9-15-21)22-16-10-5-11-17-22/h3-17,19,23-25H,18H2,1-2H3,(H,29,31)(H,30,34)(H,32,33)/t24-,25-/m1/s1. The topological polar surface area (TPSA) is 105 Å². The number of rotatable bonds is 10. The first-order chi connectivity index (χ1) is 16.9. The third kappa shape index (κ3) is 7.17. The molecule has 3 N–H and O–H groups in total. The van der Waals surface area contributed by atoms with E-state index in [0.29, 0.717) is 0 Å². The second-order valence-corrected chi connectivity index (χ2v) is 8.55. The first-order valence-electron chi connectivity index (χ1n) is 11.5. The second-order valence-electron chi connectivity index (χ2n) is 8.55. The van der Waals surface area contributed by atoms with Crippen LogP contribution >= 0.6 is 0 Å². The Hall–Kier alpha value is -4.13. The van der Waals surface area contributed by atoms with E-state index in [0.717, 1.165) is 16.7 Å². The van der Waals surface area contributed by atoms with E-state index in [1.54, 1.807) is 13.8 Å². The number of alkyl carbamates (subject to hydrolysis) is 1.